The monoisotopic (exact) mass is 152 g/mol. The second-order valence-electron chi connectivity index (χ2n) is 3.19. The van der Waals surface area contributed by atoms with Crippen molar-refractivity contribution in [1.29, 1.82) is 0 Å². The molecule has 2 rings (SSSR count). The second kappa shape index (κ2) is 2.57. The van der Waals surface area contributed by atoms with Crippen molar-refractivity contribution in [2.75, 3.05) is 0 Å². The molecule has 1 fully saturated rings. The molecule has 0 aromatic carbocycles. The molecule has 1 N–H and O–H groups in total. The van der Waals surface area contributed by atoms with Crippen LogP contribution in [0.3, 0.4) is 0 Å². The number of aryl methyl sites for hydroxylation is 1. The highest BCUT2D eigenvalue weighted by Crippen LogP contribution is 2.32. The van der Waals surface area contributed by atoms with Crippen molar-refractivity contribution in [2.24, 2.45) is 5.92 Å². The van der Waals surface area contributed by atoms with Crippen molar-refractivity contribution in [2.45, 2.75) is 25.8 Å². The van der Waals surface area contributed by atoms with E-state index in [1.165, 1.54) is 12.8 Å². The van der Waals surface area contributed by atoms with Crippen LogP contribution in [0.2, 0.25) is 0 Å². The van der Waals surface area contributed by atoms with E-state index < -0.39 is 0 Å². The molecule has 1 aliphatic carbocycles. The number of nitrogens with one attached hydrogen (secondary N) is 1. The summed E-state index contributed by atoms with van der Waals surface area (Å²) in [4.78, 5) is 13.6. The van der Waals surface area contributed by atoms with Crippen LogP contribution < -0.4 is 5.69 Å². The normalized spacial score (nSPS) is 17.1. The summed E-state index contributed by atoms with van der Waals surface area (Å²) < 4.78 is 1.73. The van der Waals surface area contributed by atoms with Crippen LogP contribution in [0, 0.1) is 5.92 Å². The van der Waals surface area contributed by atoms with Gasteiger partial charge in [-0.25, -0.2) is 4.79 Å². The number of hydrogen-bond acceptors (Lipinski definition) is 1. The van der Waals surface area contributed by atoms with E-state index in [2.05, 4.69) is 4.98 Å². The predicted octanol–water partition coefficient (Wildman–Crippen LogP) is 0.976. The Balaban J connectivity index is 1.94. The van der Waals surface area contributed by atoms with Crippen molar-refractivity contribution in [3.63, 3.8) is 0 Å². The first-order chi connectivity index (χ1) is 5.36. The summed E-state index contributed by atoms with van der Waals surface area (Å²) in [7, 11) is 0. The fourth-order valence-corrected chi connectivity index (χ4v) is 1.25. The van der Waals surface area contributed by atoms with E-state index in [4.69, 9.17) is 0 Å². The van der Waals surface area contributed by atoms with Gasteiger partial charge in [0.1, 0.15) is 0 Å². The third-order valence-electron chi connectivity index (χ3n) is 2.20. The predicted molar refractivity (Wildman–Crippen MR) is 42.4 cm³/mol. The SMILES string of the molecule is O=c1[nH]ccn1CCC1CC1. The van der Waals surface area contributed by atoms with Crippen molar-refractivity contribution < 1.29 is 0 Å². The fraction of sp³-hybridized carbons (Fsp3) is 0.625. The standard InChI is InChI=1S/C8H12N2O/c11-8-9-4-6-10(8)5-3-7-1-2-7/h4,6-7H,1-3,5H2,(H,9,11). The fourth-order valence-electron chi connectivity index (χ4n) is 1.25. The lowest BCUT2D eigenvalue weighted by atomic mass is 10.3. The number of aromatic nitrogens is 2. The number of hydrogen-bond donors (Lipinski definition) is 1. The lowest BCUT2D eigenvalue weighted by Gasteiger charge is -1.97. The smallest absolute Gasteiger partial charge is 0.313 e. The Kier molecular flexibility index (Phi) is 1.56. The Labute approximate surface area is 65.1 Å². The third-order valence-corrected chi connectivity index (χ3v) is 2.20. The van der Waals surface area contributed by atoms with Crippen LogP contribution in [-0.2, 0) is 6.54 Å². The maximum absolute atomic E-state index is 11.0. The zero-order valence-electron chi connectivity index (χ0n) is 6.42. The number of aromatic amines is 1. The van der Waals surface area contributed by atoms with Gasteiger partial charge in [-0.2, -0.15) is 0 Å². The van der Waals surface area contributed by atoms with E-state index in [1.807, 2.05) is 6.20 Å². The quantitative estimate of drug-likeness (QED) is 0.688. The maximum Gasteiger partial charge on any atom is 0.325 e. The molecule has 3 heteroatoms. The average Bonchev–Trinajstić information content (AvgIpc) is 2.73. The first kappa shape index (κ1) is 6.70. The summed E-state index contributed by atoms with van der Waals surface area (Å²) in [5, 5.41) is 0. The summed E-state index contributed by atoms with van der Waals surface area (Å²) in [5.74, 6) is 0.900. The molecule has 0 radical (unpaired) electrons. The van der Waals surface area contributed by atoms with Crippen molar-refractivity contribution in [3.8, 4) is 0 Å². The number of imidazole rings is 1. The number of nitrogens with zero attached hydrogens (tertiary/aromatic N) is 1. The zero-order chi connectivity index (χ0) is 7.68. The molecular formula is C8H12N2O. The van der Waals surface area contributed by atoms with Crippen molar-refractivity contribution in [3.05, 3.63) is 22.9 Å². The van der Waals surface area contributed by atoms with E-state index in [0.29, 0.717) is 0 Å². The van der Waals surface area contributed by atoms with Gasteiger partial charge in [-0.1, -0.05) is 12.8 Å². The Morgan fingerprint density at radius 1 is 1.64 bits per heavy atom. The molecule has 0 spiro atoms. The Bertz CT molecular complexity index is 282. The topological polar surface area (TPSA) is 37.8 Å². The summed E-state index contributed by atoms with van der Waals surface area (Å²) in [5.41, 5.74) is 0.0191. The van der Waals surface area contributed by atoms with Gasteiger partial charge in [0.15, 0.2) is 0 Å². The molecule has 1 saturated carbocycles. The van der Waals surface area contributed by atoms with E-state index in [-0.39, 0.29) is 5.69 Å². The minimum absolute atomic E-state index is 0.0191. The van der Waals surface area contributed by atoms with E-state index in [1.54, 1.807) is 10.8 Å². The average molecular weight is 152 g/mol. The highest BCUT2D eigenvalue weighted by atomic mass is 16.1. The first-order valence-corrected chi connectivity index (χ1v) is 4.10. The third kappa shape index (κ3) is 1.53. The minimum atomic E-state index is 0.0191. The van der Waals surface area contributed by atoms with Gasteiger partial charge in [0.25, 0.3) is 0 Å². The van der Waals surface area contributed by atoms with Gasteiger partial charge >= 0.3 is 5.69 Å². The lowest BCUT2D eigenvalue weighted by molar-refractivity contribution is 0.583. The molecule has 3 nitrogen and oxygen atoms in total. The van der Waals surface area contributed by atoms with Crippen LogP contribution in [0.15, 0.2) is 17.2 Å². The first-order valence-electron chi connectivity index (χ1n) is 4.10. The molecule has 1 aromatic heterocycles. The van der Waals surface area contributed by atoms with Gasteiger partial charge in [0.05, 0.1) is 0 Å². The molecule has 1 aliphatic rings. The Morgan fingerprint density at radius 2 is 2.45 bits per heavy atom. The van der Waals surface area contributed by atoms with Crippen molar-refractivity contribution in [1.82, 2.24) is 9.55 Å². The molecular weight excluding hydrogens is 140 g/mol. The summed E-state index contributed by atoms with van der Waals surface area (Å²) in [6, 6.07) is 0. The van der Waals surface area contributed by atoms with E-state index in [9.17, 15) is 4.79 Å². The summed E-state index contributed by atoms with van der Waals surface area (Å²) in [6.07, 6.45) is 7.38. The summed E-state index contributed by atoms with van der Waals surface area (Å²) >= 11 is 0. The highest BCUT2D eigenvalue weighted by Gasteiger charge is 2.20. The van der Waals surface area contributed by atoms with E-state index in [0.717, 1.165) is 18.9 Å². The van der Waals surface area contributed by atoms with Crippen LogP contribution in [-0.4, -0.2) is 9.55 Å². The molecule has 0 unspecified atom stereocenters. The second-order valence-corrected chi connectivity index (χ2v) is 3.19. The zero-order valence-corrected chi connectivity index (χ0v) is 6.42. The van der Waals surface area contributed by atoms with Gasteiger partial charge < -0.3 is 4.98 Å². The lowest BCUT2D eigenvalue weighted by Crippen LogP contribution is -2.16. The minimum Gasteiger partial charge on any atom is -0.313 e. The van der Waals surface area contributed by atoms with Gasteiger partial charge in [0.2, 0.25) is 0 Å². The molecule has 0 aliphatic heterocycles. The van der Waals surface area contributed by atoms with Crippen molar-refractivity contribution >= 4 is 0 Å². The molecule has 0 amide bonds. The van der Waals surface area contributed by atoms with Crippen LogP contribution in [0.1, 0.15) is 19.3 Å². The molecule has 0 atom stereocenters. The van der Waals surface area contributed by atoms with Gasteiger partial charge in [-0.3, -0.25) is 4.57 Å². The Hall–Kier alpha value is -0.990. The summed E-state index contributed by atoms with van der Waals surface area (Å²) in [6.45, 7) is 0.882. The largest absolute Gasteiger partial charge is 0.325 e. The highest BCUT2D eigenvalue weighted by molar-refractivity contribution is 4.78. The van der Waals surface area contributed by atoms with Crippen LogP contribution in [0.25, 0.3) is 0 Å². The van der Waals surface area contributed by atoms with E-state index >= 15 is 0 Å². The Morgan fingerprint density at radius 3 is 3.00 bits per heavy atom. The molecule has 0 saturated heterocycles. The van der Waals surface area contributed by atoms with Gasteiger partial charge in [-0.15, -0.1) is 0 Å². The number of H-pyrrole nitrogens is 1. The number of rotatable bonds is 3. The molecule has 60 valence electrons. The maximum atomic E-state index is 11.0. The molecule has 1 heterocycles. The molecule has 0 bridgehead atoms. The van der Waals surface area contributed by atoms with Crippen LogP contribution >= 0.6 is 0 Å². The molecule has 11 heavy (non-hydrogen) atoms. The van der Waals surface area contributed by atoms with Crippen LogP contribution in [0.4, 0.5) is 0 Å². The molecule has 1 aromatic rings. The van der Waals surface area contributed by atoms with Crippen LogP contribution in [0.5, 0.6) is 0 Å². The van der Waals surface area contributed by atoms with Gasteiger partial charge in [-0.05, 0) is 12.3 Å². The van der Waals surface area contributed by atoms with Gasteiger partial charge in [0, 0.05) is 18.9 Å².